The molecule has 136 valence electrons. The summed E-state index contributed by atoms with van der Waals surface area (Å²) in [6.45, 7) is 8.42. The molecule has 0 saturated heterocycles. The highest BCUT2D eigenvalue weighted by Gasteiger charge is 2.07. The molecule has 0 bridgehead atoms. The fourth-order valence-electron chi connectivity index (χ4n) is 2.14. The number of carboxylic acids is 1. The maximum Gasteiger partial charge on any atom is 0.303 e. The van der Waals surface area contributed by atoms with Crippen molar-refractivity contribution in [2.24, 2.45) is 0 Å². The minimum absolute atomic E-state index is 0.0587. The Morgan fingerprint density at radius 2 is 1.83 bits per heavy atom. The molecule has 0 heterocycles. The van der Waals surface area contributed by atoms with Crippen molar-refractivity contribution in [1.29, 1.82) is 5.26 Å². The maximum absolute atomic E-state index is 11.8. The Bertz CT molecular complexity index is 440. The van der Waals surface area contributed by atoms with E-state index in [0.717, 1.165) is 32.5 Å². The number of hydrogen-bond acceptors (Lipinski definition) is 5. The number of hydrogen-bond donors (Lipinski definition) is 3. The Labute approximate surface area is 144 Å². The molecule has 0 rings (SSSR count). The Balaban J connectivity index is 3.91. The third kappa shape index (κ3) is 11.5. The zero-order valence-corrected chi connectivity index (χ0v) is 14.8. The summed E-state index contributed by atoms with van der Waals surface area (Å²) in [5, 5.41) is 23.2. The molecular weight excluding hydrogens is 308 g/mol. The number of aliphatic carboxylic acids is 1. The molecule has 0 radical (unpaired) electrons. The van der Waals surface area contributed by atoms with Crippen molar-refractivity contribution in [3.63, 3.8) is 0 Å². The van der Waals surface area contributed by atoms with Gasteiger partial charge in [-0.1, -0.05) is 20.3 Å². The number of nitrogens with one attached hydrogen (secondary N) is 2. The lowest BCUT2D eigenvalue weighted by Gasteiger charge is -2.17. The summed E-state index contributed by atoms with van der Waals surface area (Å²) < 4.78 is 0. The summed E-state index contributed by atoms with van der Waals surface area (Å²) in [6.07, 6.45) is 4.59. The highest BCUT2D eigenvalue weighted by molar-refractivity contribution is 5.97. The van der Waals surface area contributed by atoms with Crippen molar-refractivity contribution in [3.05, 3.63) is 11.8 Å². The zero-order chi connectivity index (χ0) is 18.2. The molecule has 24 heavy (non-hydrogen) atoms. The number of rotatable bonds is 14. The van der Waals surface area contributed by atoms with Gasteiger partial charge in [-0.2, -0.15) is 5.26 Å². The highest BCUT2D eigenvalue weighted by Crippen LogP contribution is 1.99. The van der Waals surface area contributed by atoms with Crippen LogP contribution in [-0.2, 0) is 9.59 Å². The number of amides is 1. The van der Waals surface area contributed by atoms with Gasteiger partial charge in [0.1, 0.15) is 11.6 Å². The van der Waals surface area contributed by atoms with Gasteiger partial charge in [-0.15, -0.1) is 0 Å². The lowest BCUT2D eigenvalue weighted by atomic mass is 10.2. The summed E-state index contributed by atoms with van der Waals surface area (Å²) in [6, 6.07) is 1.89. The molecule has 7 heteroatoms. The van der Waals surface area contributed by atoms with Crippen molar-refractivity contribution >= 4 is 11.9 Å². The minimum Gasteiger partial charge on any atom is -0.481 e. The molecule has 0 aliphatic heterocycles. The van der Waals surface area contributed by atoms with Gasteiger partial charge in [-0.25, -0.2) is 0 Å². The van der Waals surface area contributed by atoms with Crippen LogP contribution in [0, 0.1) is 11.3 Å². The van der Waals surface area contributed by atoms with E-state index in [1.807, 2.05) is 6.07 Å². The summed E-state index contributed by atoms with van der Waals surface area (Å²) in [4.78, 5) is 24.5. The lowest BCUT2D eigenvalue weighted by molar-refractivity contribution is -0.137. The van der Waals surface area contributed by atoms with Gasteiger partial charge in [-0.05, 0) is 38.9 Å². The monoisotopic (exact) mass is 338 g/mol. The number of nitrogens with zero attached hydrogens (tertiary/aromatic N) is 2. The molecule has 0 spiro atoms. The van der Waals surface area contributed by atoms with E-state index in [0.29, 0.717) is 25.9 Å². The Morgan fingerprint density at radius 1 is 1.12 bits per heavy atom. The van der Waals surface area contributed by atoms with Crippen molar-refractivity contribution in [2.45, 2.75) is 46.0 Å². The quantitative estimate of drug-likeness (QED) is 0.252. The maximum atomic E-state index is 11.8. The van der Waals surface area contributed by atoms with Crippen LogP contribution >= 0.6 is 0 Å². The lowest BCUT2D eigenvalue weighted by Crippen LogP contribution is -2.28. The van der Waals surface area contributed by atoms with E-state index in [-0.39, 0.29) is 12.0 Å². The van der Waals surface area contributed by atoms with Gasteiger partial charge in [0.25, 0.3) is 5.91 Å². The predicted molar refractivity (Wildman–Crippen MR) is 93.2 cm³/mol. The van der Waals surface area contributed by atoms with Crippen molar-refractivity contribution < 1.29 is 14.7 Å². The van der Waals surface area contributed by atoms with Gasteiger partial charge in [0, 0.05) is 25.7 Å². The van der Waals surface area contributed by atoms with Crippen molar-refractivity contribution in [2.75, 3.05) is 32.7 Å². The fourth-order valence-corrected chi connectivity index (χ4v) is 2.14. The van der Waals surface area contributed by atoms with E-state index in [4.69, 9.17) is 10.4 Å². The van der Waals surface area contributed by atoms with E-state index in [2.05, 4.69) is 29.4 Å². The van der Waals surface area contributed by atoms with E-state index in [1.165, 1.54) is 6.20 Å². The van der Waals surface area contributed by atoms with Crippen LogP contribution in [0.1, 0.15) is 46.0 Å². The summed E-state index contributed by atoms with van der Waals surface area (Å²) in [7, 11) is 0. The van der Waals surface area contributed by atoms with Crippen LogP contribution in [0.25, 0.3) is 0 Å². The summed E-state index contributed by atoms with van der Waals surface area (Å²) in [5.41, 5.74) is 0.0587. The van der Waals surface area contributed by atoms with E-state index < -0.39 is 11.9 Å². The minimum atomic E-state index is -0.805. The van der Waals surface area contributed by atoms with E-state index in [1.54, 1.807) is 0 Å². The number of nitriles is 1. The molecule has 0 aliphatic rings. The average Bonchev–Trinajstić information content (AvgIpc) is 2.57. The second-order valence-electron chi connectivity index (χ2n) is 5.46. The number of carbonyl (C=O) groups is 2. The molecular formula is C17H30N4O3. The average molecular weight is 338 g/mol. The first-order valence-electron chi connectivity index (χ1n) is 8.61. The first kappa shape index (κ1) is 21.9. The molecule has 0 fully saturated rings. The van der Waals surface area contributed by atoms with Crippen LogP contribution in [0.2, 0.25) is 0 Å². The van der Waals surface area contributed by atoms with Gasteiger partial charge in [-0.3, -0.25) is 9.59 Å². The smallest absolute Gasteiger partial charge is 0.303 e. The Hall–Kier alpha value is -2.07. The molecule has 0 aliphatic carbocycles. The summed E-state index contributed by atoms with van der Waals surface area (Å²) in [5.74, 6) is -1.20. The van der Waals surface area contributed by atoms with Gasteiger partial charge in [0.15, 0.2) is 0 Å². The van der Waals surface area contributed by atoms with Crippen LogP contribution in [0.5, 0.6) is 0 Å². The molecule has 1 amide bonds. The van der Waals surface area contributed by atoms with Crippen molar-refractivity contribution in [1.82, 2.24) is 15.5 Å². The normalized spacial score (nSPS) is 11.2. The first-order valence-corrected chi connectivity index (χ1v) is 8.61. The molecule has 0 aromatic heterocycles. The Morgan fingerprint density at radius 3 is 2.42 bits per heavy atom. The Kier molecular flexibility index (Phi) is 13.3. The predicted octanol–water partition coefficient (Wildman–Crippen LogP) is 1.48. The third-order valence-corrected chi connectivity index (χ3v) is 3.65. The molecule has 0 unspecified atom stereocenters. The van der Waals surface area contributed by atoms with Crippen LogP contribution in [0.15, 0.2) is 11.8 Å². The van der Waals surface area contributed by atoms with Gasteiger partial charge in [0.2, 0.25) is 0 Å². The standard InChI is InChI=1S/C17H30N4O3/c1-3-21(4-2)12-8-10-19-14-15(13-18)17(24)20-11-7-5-6-9-16(22)23/h14,19H,3-12H2,1-2H3,(H,20,24)(H,22,23)/b15-14-. The highest BCUT2D eigenvalue weighted by atomic mass is 16.4. The van der Waals surface area contributed by atoms with Crippen LogP contribution in [-0.4, -0.2) is 54.6 Å². The third-order valence-electron chi connectivity index (χ3n) is 3.65. The molecule has 7 nitrogen and oxygen atoms in total. The fraction of sp³-hybridized carbons (Fsp3) is 0.706. The molecule has 0 atom stereocenters. The number of unbranched alkanes of at least 4 members (excludes halogenated alkanes) is 2. The van der Waals surface area contributed by atoms with Gasteiger partial charge < -0.3 is 20.6 Å². The molecule has 0 saturated carbocycles. The van der Waals surface area contributed by atoms with Crippen LogP contribution < -0.4 is 10.6 Å². The topological polar surface area (TPSA) is 105 Å². The van der Waals surface area contributed by atoms with Gasteiger partial charge >= 0.3 is 5.97 Å². The second-order valence-corrected chi connectivity index (χ2v) is 5.46. The molecule has 0 aromatic rings. The van der Waals surface area contributed by atoms with Crippen molar-refractivity contribution in [3.8, 4) is 6.07 Å². The SMILES string of the molecule is CCN(CC)CCCN/C=C(/C#N)C(=O)NCCCCCC(=O)O. The first-order chi connectivity index (χ1) is 11.5. The summed E-state index contributed by atoms with van der Waals surface area (Å²) >= 11 is 0. The largest absolute Gasteiger partial charge is 0.481 e. The molecule has 3 N–H and O–H groups in total. The van der Waals surface area contributed by atoms with Crippen LogP contribution in [0.4, 0.5) is 0 Å². The zero-order valence-electron chi connectivity index (χ0n) is 14.8. The van der Waals surface area contributed by atoms with E-state index in [9.17, 15) is 9.59 Å². The molecule has 0 aromatic carbocycles. The second kappa shape index (κ2) is 14.5. The number of carbonyl (C=O) groups excluding carboxylic acids is 1. The van der Waals surface area contributed by atoms with E-state index >= 15 is 0 Å². The van der Waals surface area contributed by atoms with Gasteiger partial charge in [0.05, 0.1) is 0 Å². The van der Waals surface area contributed by atoms with Crippen LogP contribution in [0.3, 0.4) is 0 Å². The number of carboxylic acid groups (broad SMARTS) is 1.